The first-order valence-corrected chi connectivity index (χ1v) is 4.08. The van der Waals surface area contributed by atoms with Crippen LogP contribution in [0, 0.1) is 0 Å². The Kier molecular flexibility index (Phi) is 2.12. The third kappa shape index (κ3) is 1.26. The second-order valence-corrected chi connectivity index (χ2v) is 3.02. The molecule has 1 rings (SSSR count). The Hall–Kier alpha value is -0.0400. The zero-order valence-corrected chi connectivity index (χ0v) is 6.54. The van der Waals surface area contributed by atoms with E-state index in [0.717, 1.165) is 0 Å². The molecule has 1 fully saturated rings. The van der Waals surface area contributed by atoms with Gasteiger partial charge in [-0.2, -0.15) is 0 Å². The van der Waals surface area contributed by atoms with Gasteiger partial charge in [-0.15, -0.1) is 0 Å². The molecule has 1 nitrogen and oxygen atoms in total. The molecule has 0 unspecified atom stereocenters. The molecule has 0 spiro atoms. The Balaban J connectivity index is 2.45. The fraction of sp³-hybridized carbons (Fsp3) is 1.00. The Bertz CT molecular complexity index is 76.6. The van der Waals surface area contributed by atoms with Gasteiger partial charge in [0, 0.05) is 5.54 Å². The third-order valence-corrected chi connectivity index (χ3v) is 2.69. The van der Waals surface area contributed by atoms with E-state index in [1.807, 2.05) is 0 Å². The van der Waals surface area contributed by atoms with Crippen LogP contribution in [0.15, 0.2) is 0 Å². The van der Waals surface area contributed by atoms with Crippen LogP contribution in [-0.2, 0) is 0 Å². The van der Waals surface area contributed by atoms with Gasteiger partial charge in [-0.05, 0) is 32.2 Å². The van der Waals surface area contributed by atoms with Gasteiger partial charge >= 0.3 is 0 Å². The summed E-state index contributed by atoms with van der Waals surface area (Å²) in [6.45, 7) is 5.80. The molecule has 9 heavy (non-hydrogen) atoms. The Morgan fingerprint density at radius 3 is 2.22 bits per heavy atom. The first-order valence-electron chi connectivity index (χ1n) is 4.08. The maximum Gasteiger partial charge on any atom is 0.0176 e. The summed E-state index contributed by atoms with van der Waals surface area (Å²) in [5.41, 5.74) is 0.528. The smallest absolute Gasteiger partial charge is 0.0176 e. The molecule has 1 saturated heterocycles. The molecule has 54 valence electrons. The molecule has 0 aliphatic carbocycles. The molecule has 0 saturated carbocycles. The topological polar surface area (TPSA) is 12.0 Å². The van der Waals surface area contributed by atoms with E-state index in [-0.39, 0.29) is 0 Å². The molecule has 1 aliphatic rings. The van der Waals surface area contributed by atoms with E-state index in [0.29, 0.717) is 5.54 Å². The van der Waals surface area contributed by atoms with E-state index >= 15 is 0 Å². The lowest BCUT2D eigenvalue weighted by molar-refractivity contribution is 0.350. The van der Waals surface area contributed by atoms with Crippen molar-refractivity contribution in [3.63, 3.8) is 0 Å². The van der Waals surface area contributed by atoms with Gasteiger partial charge in [-0.1, -0.05) is 13.8 Å². The Morgan fingerprint density at radius 1 is 1.33 bits per heavy atom. The summed E-state index contributed by atoms with van der Waals surface area (Å²) in [5.74, 6) is 0. The van der Waals surface area contributed by atoms with Crippen LogP contribution in [0.5, 0.6) is 0 Å². The average Bonchev–Trinajstić information content (AvgIpc) is 2.36. The average molecular weight is 127 g/mol. The molecule has 0 bridgehead atoms. The van der Waals surface area contributed by atoms with E-state index < -0.39 is 0 Å². The van der Waals surface area contributed by atoms with Gasteiger partial charge in [0.15, 0.2) is 0 Å². The van der Waals surface area contributed by atoms with E-state index in [1.165, 1.54) is 32.2 Å². The SMILES string of the molecule is CCC1(CC)CCCN1. The summed E-state index contributed by atoms with van der Waals surface area (Å²) in [5, 5.41) is 3.57. The molecule has 0 aromatic rings. The van der Waals surface area contributed by atoms with Crippen LogP contribution in [0.25, 0.3) is 0 Å². The minimum Gasteiger partial charge on any atom is -0.311 e. The van der Waals surface area contributed by atoms with E-state index in [9.17, 15) is 0 Å². The maximum absolute atomic E-state index is 3.57. The van der Waals surface area contributed by atoms with Crippen molar-refractivity contribution >= 4 is 0 Å². The van der Waals surface area contributed by atoms with Crippen LogP contribution in [-0.4, -0.2) is 12.1 Å². The Labute approximate surface area is 57.8 Å². The predicted molar refractivity (Wildman–Crippen MR) is 40.5 cm³/mol. The van der Waals surface area contributed by atoms with Gasteiger partial charge < -0.3 is 5.32 Å². The summed E-state index contributed by atoms with van der Waals surface area (Å²) in [6, 6.07) is 0. The zero-order chi connectivity index (χ0) is 6.74. The van der Waals surface area contributed by atoms with Crippen molar-refractivity contribution in [3.8, 4) is 0 Å². The largest absolute Gasteiger partial charge is 0.311 e. The second-order valence-electron chi connectivity index (χ2n) is 3.02. The van der Waals surface area contributed by atoms with Crippen LogP contribution in [0.3, 0.4) is 0 Å². The van der Waals surface area contributed by atoms with E-state index in [4.69, 9.17) is 0 Å². The van der Waals surface area contributed by atoms with Gasteiger partial charge in [0.25, 0.3) is 0 Å². The lowest BCUT2D eigenvalue weighted by Crippen LogP contribution is -2.37. The standard InChI is InChI=1S/C8H17N/c1-3-8(4-2)6-5-7-9-8/h9H,3-7H2,1-2H3. The van der Waals surface area contributed by atoms with E-state index in [1.54, 1.807) is 0 Å². The van der Waals surface area contributed by atoms with E-state index in [2.05, 4.69) is 19.2 Å². The summed E-state index contributed by atoms with van der Waals surface area (Å²) >= 11 is 0. The van der Waals surface area contributed by atoms with Crippen LogP contribution >= 0.6 is 0 Å². The normalized spacial score (nSPS) is 24.7. The lowest BCUT2D eigenvalue weighted by atomic mass is 9.91. The number of hydrogen-bond acceptors (Lipinski definition) is 1. The summed E-state index contributed by atoms with van der Waals surface area (Å²) in [4.78, 5) is 0. The highest BCUT2D eigenvalue weighted by molar-refractivity contribution is 4.89. The van der Waals surface area contributed by atoms with Gasteiger partial charge in [0.2, 0.25) is 0 Å². The molecule has 0 radical (unpaired) electrons. The monoisotopic (exact) mass is 127 g/mol. The van der Waals surface area contributed by atoms with Crippen molar-refractivity contribution in [3.05, 3.63) is 0 Å². The highest BCUT2D eigenvalue weighted by Crippen LogP contribution is 2.25. The third-order valence-electron chi connectivity index (χ3n) is 2.69. The van der Waals surface area contributed by atoms with Crippen LogP contribution in [0.1, 0.15) is 39.5 Å². The lowest BCUT2D eigenvalue weighted by Gasteiger charge is -2.25. The highest BCUT2D eigenvalue weighted by Gasteiger charge is 2.28. The molecular weight excluding hydrogens is 110 g/mol. The molecule has 0 amide bonds. The number of hydrogen-bond donors (Lipinski definition) is 1. The van der Waals surface area contributed by atoms with Crippen molar-refractivity contribution in [2.24, 2.45) is 0 Å². The summed E-state index contributed by atoms with van der Waals surface area (Å²) in [7, 11) is 0. The number of rotatable bonds is 2. The van der Waals surface area contributed by atoms with Crippen molar-refractivity contribution in [2.45, 2.75) is 45.1 Å². The zero-order valence-electron chi connectivity index (χ0n) is 6.54. The molecule has 0 aromatic heterocycles. The van der Waals surface area contributed by atoms with Crippen molar-refractivity contribution in [1.29, 1.82) is 0 Å². The van der Waals surface area contributed by atoms with Gasteiger partial charge in [-0.25, -0.2) is 0 Å². The van der Waals surface area contributed by atoms with Crippen LogP contribution < -0.4 is 5.32 Å². The van der Waals surface area contributed by atoms with Crippen LogP contribution in [0.4, 0.5) is 0 Å². The maximum atomic E-state index is 3.57. The minimum atomic E-state index is 0.528. The molecule has 0 atom stereocenters. The Morgan fingerprint density at radius 2 is 2.00 bits per heavy atom. The molecular formula is C8H17N. The molecule has 1 N–H and O–H groups in total. The number of nitrogens with one attached hydrogen (secondary N) is 1. The predicted octanol–water partition coefficient (Wildman–Crippen LogP) is 1.93. The summed E-state index contributed by atoms with van der Waals surface area (Å²) < 4.78 is 0. The molecule has 1 heterocycles. The van der Waals surface area contributed by atoms with Gasteiger partial charge in [0.05, 0.1) is 0 Å². The fourth-order valence-electron chi connectivity index (χ4n) is 1.72. The highest BCUT2D eigenvalue weighted by atomic mass is 15.0. The van der Waals surface area contributed by atoms with Crippen molar-refractivity contribution in [2.75, 3.05) is 6.54 Å². The second kappa shape index (κ2) is 2.70. The fourth-order valence-corrected chi connectivity index (χ4v) is 1.72. The van der Waals surface area contributed by atoms with Crippen molar-refractivity contribution < 1.29 is 0 Å². The first kappa shape index (κ1) is 7.07. The first-order chi connectivity index (χ1) is 4.33. The van der Waals surface area contributed by atoms with Crippen molar-refractivity contribution in [1.82, 2.24) is 5.32 Å². The van der Waals surface area contributed by atoms with Gasteiger partial charge in [0.1, 0.15) is 0 Å². The minimum absolute atomic E-state index is 0.528. The quantitative estimate of drug-likeness (QED) is 0.597. The molecule has 0 aromatic carbocycles. The van der Waals surface area contributed by atoms with Crippen LogP contribution in [0.2, 0.25) is 0 Å². The molecule has 1 heteroatoms. The van der Waals surface area contributed by atoms with Gasteiger partial charge in [-0.3, -0.25) is 0 Å². The molecule has 1 aliphatic heterocycles. The summed E-state index contributed by atoms with van der Waals surface area (Å²) in [6.07, 6.45) is 5.36.